The van der Waals surface area contributed by atoms with Crippen molar-refractivity contribution in [1.82, 2.24) is 0 Å². The zero-order valence-corrected chi connectivity index (χ0v) is 13.6. The number of quaternary nitrogens is 2. The second kappa shape index (κ2) is 9.70. The molecule has 0 amide bonds. The van der Waals surface area contributed by atoms with Gasteiger partial charge in [-0.15, -0.1) is 0 Å². The van der Waals surface area contributed by atoms with Crippen molar-refractivity contribution in [3.05, 3.63) is 0 Å². The third kappa shape index (κ3) is 10.3. The summed E-state index contributed by atoms with van der Waals surface area (Å²) in [5.74, 6) is 0. The molecule has 0 aromatic heterocycles. The van der Waals surface area contributed by atoms with Gasteiger partial charge in [0, 0.05) is 0 Å². The Kier molecular flexibility index (Phi) is 10.8. The van der Waals surface area contributed by atoms with E-state index in [1.54, 1.807) is 0 Å². The molecular formula is C15H36N2O2. The number of unbranched alkanes of at least 4 members (excludes halogenated alkanes) is 3. The van der Waals surface area contributed by atoms with E-state index in [0.29, 0.717) is 0 Å². The van der Waals surface area contributed by atoms with Gasteiger partial charge < -0.3 is 19.9 Å². The van der Waals surface area contributed by atoms with Crippen molar-refractivity contribution < 1.29 is 19.9 Å². The van der Waals surface area contributed by atoms with Gasteiger partial charge in [0.05, 0.1) is 54.4 Å². The Balaban J connectivity index is 0. The van der Waals surface area contributed by atoms with Crippen LogP contribution in [0.4, 0.5) is 0 Å². The van der Waals surface area contributed by atoms with Gasteiger partial charge in [0.25, 0.3) is 0 Å². The second-order valence-corrected chi connectivity index (χ2v) is 7.28. The van der Waals surface area contributed by atoms with Crippen LogP contribution in [-0.2, 0) is 0 Å². The van der Waals surface area contributed by atoms with E-state index in [0.717, 1.165) is 4.48 Å². The van der Waals surface area contributed by atoms with Gasteiger partial charge in [-0.3, -0.25) is 0 Å². The van der Waals surface area contributed by atoms with Gasteiger partial charge >= 0.3 is 0 Å². The first-order valence-corrected chi connectivity index (χ1v) is 7.55. The summed E-state index contributed by atoms with van der Waals surface area (Å²) in [5, 5.41) is 0. The summed E-state index contributed by atoms with van der Waals surface area (Å²) in [6, 6.07) is 0. The van der Waals surface area contributed by atoms with E-state index in [1.165, 1.54) is 75.6 Å². The number of likely N-dealkylation sites (tertiary alicyclic amines) is 1. The number of hydrogen-bond acceptors (Lipinski definition) is 2. The molecular weight excluding hydrogens is 240 g/mol. The van der Waals surface area contributed by atoms with Crippen LogP contribution in [0.15, 0.2) is 0 Å². The number of nitrogens with zero attached hydrogens (tertiary/aromatic N) is 2. The summed E-state index contributed by atoms with van der Waals surface area (Å²) in [6.07, 6.45) is 10.1. The largest absolute Gasteiger partial charge is 0.870 e. The SMILES string of the molecule is C[N+](C)(C)CCCCCC[N+]1(C)CCCCC1.[OH-].[OH-]. The van der Waals surface area contributed by atoms with Crippen molar-refractivity contribution in [1.29, 1.82) is 0 Å². The van der Waals surface area contributed by atoms with E-state index in [4.69, 9.17) is 0 Å². The van der Waals surface area contributed by atoms with Crippen LogP contribution in [0.5, 0.6) is 0 Å². The summed E-state index contributed by atoms with van der Waals surface area (Å²) in [5.41, 5.74) is 0. The minimum Gasteiger partial charge on any atom is -0.870 e. The maximum absolute atomic E-state index is 2.46. The summed E-state index contributed by atoms with van der Waals surface area (Å²) >= 11 is 0. The normalized spacial score (nSPS) is 18.3. The van der Waals surface area contributed by atoms with E-state index in [-0.39, 0.29) is 11.0 Å². The minimum absolute atomic E-state index is 0. The fourth-order valence-electron chi connectivity index (χ4n) is 2.93. The number of hydrogen-bond donors (Lipinski definition) is 0. The van der Waals surface area contributed by atoms with E-state index in [2.05, 4.69) is 28.2 Å². The maximum atomic E-state index is 2.46. The molecule has 0 bridgehead atoms. The zero-order chi connectivity index (χ0) is 12.8. The van der Waals surface area contributed by atoms with Crippen molar-refractivity contribution in [3.63, 3.8) is 0 Å². The lowest BCUT2D eigenvalue weighted by Crippen LogP contribution is -2.48. The Morgan fingerprint density at radius 2 is 1.32 bits per heavy atom. The number of piperidine rings is 1. The van der Waals surface area contributed by atoms with Crippen LogP contribution in [0.1, 0.15) is 44.9 Å². The van der Waals surface area contributed by atoms with Crippen molar-refractivity contribution in [3.8, 4) is 0 Å². The van der Waals surface area contributed by atoms with E-state index >= 15 is 0 Å². The van der Waals surface area contributed by atoms with E-state index in [9.17, 15) is 0 Å². The minimum atomic E-state index is 0. The lowest BCUT2D eigenvalue weighted by atomic mass is 10.1. The molecule has 1 aliphatic heterocycles. The molecule has 0 unspecified atom stereocenters. The average Bonchev–Trinajstić information content (AvgIpc) is 2.23. The Hall–Kier alpha value is -0.160. The molecule has 0 atom stereocenters. The highest BCUT2D eigenvalue weighted by Gasteiger charge is 2.23. The second-order valence-electron chi connectivity index (χ2n) is 7.28. The van der Waals surface area contributed by atoms with Crippen LogP contribution in [0, 0.1) is 0 Å². The molecule has 4 nitrogen and oxygen atoms in total. The highest BCUT2D eigenvalue weighted by atomic mass is 16.0. The van der Waals surface area contributed by atoms with Gasteiger partial charge in [-0.25, -0.2) is 0 Å². The smallest absolute Gasteiger partial charge is 0.0784 e. The first-order valence-electron chi connectivity index (χ1n) is 7.55. The van der Waals surface area contributed by atoms with Crippen molar-refractivity contribution in [2.24, 2.45) is 0 Å². The quantitative estimate of drug-likeness (QED) is 0.530. The highest BCUT2D eigenvalue weighted by Crippen LogP contribution is 2.17. The molecule has 1 fully saturated rings. The molecule has 0 saturated carbocycles. The molecule has 1 saturated heterocycles. The van der Waals surface area contributed by atoms with Crippen LogP contribution < -0.4 is 0 Å². The molecule has 19 heavy (non-hydrogen) atoms. The Morgan fingerprint density at radius 1 is 0.789 bits per heavy atom. The third-order valence-corrected chi connectivity index (χ3v) is 4.17. The fourth-order valence-corrected chi connectivity index (χ4v) is 2.93. The summed E-state index contributed by atoms with van der Waals surface area (Å²) in [6.45, 7) is 5.61. The lowest BCUT2D eigenvalue weighted by molar-refractivity contribution is -0.914. The average molecular weight is 276 g/mol. The van der Waals surface area contributed by atoms with Crippen LogP contribution in [-0.4, -0.2) is 74.3 Å². The van der Waals surface area contributed by atoms with Gasteiger partial charge in [0.15, 0.2) is 0 Å². The Labute approximate surface area is 120 Å². The van der Waals surface area contributed by atoms with Gasteiger partial charge in [0.2, 0.25) is 0 Å². The first-order chi connectivity index (χ1) is 7.91. The van der Waals surface area contributed by atoms with Gasteiger partial charge in [-0.2, -0.15) is 0 Å². The molecule has 1 aliphatic rings. The molecule has 1 rings (SSSR count). The Morgan fingerprint density at radius 3 is 1.84 bits per heavy atom. The third-order valence-electron chi connectivity index (χ3n) is 4.17. The van der Waals surface area contributed by atoms with Crippen molar-refractivity contribution in [2.75, 3.05) is 54.4 Å². The Bertz CT molecular complexity index is 209. The molecule has 0 aromatic carbocycles. The standard InChI is InChI=1S/C15H34N2.2H2O/c1-16(2,3)12-8-5-6-9-13-17(4)14-10-7-11-15-17;;/h5-15H2,1-4H3;2*1H2/q+2;;/p-2. The molecule has 0 aromatic rings. The van der Waals surface area contributed by atoms with Gasteiger partial charge in [0.1, 0.15) is 0 Å². The summed E-state index contributed by atoms with van der Waals surface area (Å²) in [7, 11) is 9.34. The van der Waals surface area contributed by atoms with Crippen LogP contribution >= 0.6 is 0 Å². The molecule has 1 heterocycles. The van der Waals surface area contributed by atoms with Crippen molar-refractivity contribution >= 4 is 0 Å². The first kappa shape index (κ1) is 21.1. The van der Waals surface area contributed by atoms with Crippen LogP contribution in [0.25, 0.3) is 0 Å². The van der Waals surface area contributed by atoms with Gasteiger partial charge in [-0.1, -0.05) is 0 Å². The summed E-state index contributed by atoms with van der Waals surface area (Å²) in [4.78, 5) is 0. The van der Waals surface area contributed by atoms with E-state index < -0.39 is 0 Å². The van der Waals surface area contributed by atoms with Crippen molar-refractivity contribution in [2.45, 2.75) is 44.9 Å². The maximum Gasteiger partial charge on any atom is 0.0784 e. The zero-order valence-electron chi connectivity index (χ0n) is 13.6. The lowest BCUT2D eigenvalue weighted by Gasteiger charge is -2.37. The number of rotatable bonds is 7. The predicted molar refractivity (Wildman–Crippen MR) is 79.9 cm³/mol. The fraction of sp³-hybridized carbons (Fsp3) is 1.00. The summed E-state index contributed by atoms with van der Waals surface area (Å²) < 4.78 is 2.48. The molecule has 2 N–H and O–H groups in total. The molecule has 118 valence electrons. The molecule has 0 radical (unpaired) electrons. The van der Waals surface area contributed by atoms with Crippen LogP contribution in [0.3, 0.4) is 0 Å². The predicted octanol–water partition coefficient (Wildman–Crippen LogP) is 2.53. The van der Waals surface area contributed by atoms with Gasteiger partial charge in [-0.05, 0) is 44.9 Å². The molecule has 4 heteroatoms. The molecule has 0 spiro atoms. The molecule has 0 aliphatic carbocycles. The van der Waals surface area contributed by atoms with Crippen LogP contribution in [0.2, 0.25) is 0 Å². The topological polar surface area (TPSA) is 60.0 Å². The van der Waals surface area contributed by atoms with E-state index in [1.807, 2.05) is 0 Å². The highest BCUT2D eigenvalue weighted by molar-refractivity contribution is 4.52. The monoisotopic (exact) mass is 276 g/mol.